The van der Waals surface area contributed by atoms with Gasteiger partial charge in [0.1, 0.15) is 11.5 Å². The Hall–Kier alpha value is -3.06. The van der Waals surface area contributed by atoms with E-state index in [0.717, 1.165) is 10.8 Å². The van der Waals surface area contributed by atoms with Crippen LogP contribution in [0.1, 0.15) is 10.4 Å². The molecule has 2 aromatic carbocycles. The Morgan fingerprint density at radius 3 is 2.72 bits per heavy atom. The molecule has 0 saturated heterocycles. The van der Waals surface area contributed by atoms with E-state index in [-0.39, 0.29) is 5.91 Å². The first-order valence-electron chi connectivity index (χ1n) is 7.49. The minimum Gasteiger partial charge on any atom is -0.497 e. The van der Waals surface area contributed by atoms with Gasteiger partial charge in [0.25, 0.3) is 5.91 Å². The molecule has 0 saturated carbocycles. The van der Waals surface area contributed by atoms with E-state index in [9.17, 15) is 4.79 Å². The van der Waals surface area contributed by atoms with Gasteiger partial charge in [0, 0.05) is 28.9 Å². The molecule has 6 nitrogen and oxygen atoms in total. The molecule has 0 radical (unpaired) electrons. The first-order valence-corrected chi connectivity index (χ1v) is 8.37. The molecule has 0 spiro atoms. The highest BCUT2D eigenvalue weighted by atomic mass is 32.1. The van der Waals surface area contributed by atoms with Gasteiger partial charge in [-0.3, -0.25) is 4.79 Å². The van der Waals surface area contributed by atoms with Crippen LogP contribution in [-0.2, 0) is 0 Å². The van der Waals surface area contributed by atoms with E-state index in [1.807, 2.05) is 17.5 Å². The zero-order valence-electron chi connectivity index (χ0n) is 13.8. The first kappa shape index (κ1) is 16.8. The van der Waals surface area contributed by atoms with Gasteiger partial charge in [0.2, 0.25) is 0 Å². The fraction of sp³-hybridized carbons (Fsp3) is 0.111. The third kappa shape index (κ3) is 4.07. The molecular weight excluding hydrogens is 338 g/mol. The lowest BCUT2D eigenvalue weighted by Gasteiger charge is -2.12. The number of aromatic nitrogens is 1. The molecule has 25 heavy (non-hydrogen) atoms. The third-order valence-corrected chi connectivity index (χ3v) is 4.15. The SMILES string of the molecule is COc1ccc(OC)c(NC(=O)c2cccc(Nc3nccs3)c2)c1. The smallest absolute Gasteiger partial charge is 0.255 e. The van der Waals surface area contributed by atoms with Crippen LogP contribution in [-0.4, -0.2) is 25.1 Å². The lowest BCUT2D eigenvalue weighted by Crippen LogP contribution is -2.13. The van der Waals surface area contributed by atoms with Crippen molar-refractivity contribution >= 4 is 33.8 Å². The number of carbonyl (C=O) groups is 1. The molecule has 1 amide bonds. The number of nitrogens with one attached hydrogen (secondary N) is 2. The average Bonchev–Trinajstić information content (AvgIpc) is 3.14. The van der Waals surface area contributed by atoms with Gasteiger partial charge in [-0.25, -0.2) is 4.98 Å². The molecule has 128 valence electrons. The van der Waals surface area contributed by atoms with E-state index in [2.05, 4.69) is 15.6 Å². The fourth-order valence-electron chi connectivity index (χ4n) is 2.25. The summed E-state index contributed by atoms with van der Waals surface area (Å²) in [5.74, 6) is 0.954. The minimum absolute atomic E-state index is 0.241. The summed E-state index contributed by atoms with van der Waals surface area (Å²) in [4.78, 5) is 16.8. The van der Waals surface area contributed by atoms with Crippen molar-refractivity contribution in [1.29, 1.82) is 0 Å². The highest BCUT2D eigenvalue weighted by Crippen LogP contribution is 2.29. The highest BCUT2D eigenvalue weighted by Gasteiger charge is 2.12. The molecule has 0 bridgehead atoms. The number of thiazole rings is 1. The fourth-order valence-corrected chi connectivity index (χ4v) is 2.80. The van der Waals surface area contributed by atoms with Crippen molar-refractivity contribution in [2.45, 2.75) is 0 Å². The molecule has 0 atom stereocenters. The maximum atomic E-state index is 12.6. The van der Waals surface area contributed by atoms with Crippen LogP contribution in [0.5, 0.6) is 11.5 Å². The summed E-state index contributed by atoms with van der Waals surface area (Å²) in [7, 11) is 3.12. The molecule has 3 rings (SSSR count). The molecule has 1 aromatic heterocycles. The van der Waals surface area contributed by atoms with Crippen molar-refractivity contribution in [1.82, 2.24) is 4.98 Å². The average molecular weight is 355 g/mol. The lowest BCUT2D eigenvalue weighted by molar-refractivity contribution is 0.102. The summed E-state index contributed by atoms with van der Waals surface area (Å²) >= 11 is 1.49. The van der Waals surface area contributed by atoms with Gasteiger partial charge in [-0.1, -0.05) is 6.07 Å². The Balaban J connectivity index is 1.79. The number of hydrogen-bond acceptors (Lipinski definition) is 6. The maximum absolute atomic E-state index is 12.6. The number of rotatable bonds is 6. The van der Waals surface area contributed by atoms with Crippen LogP contribution < -0.4 is 20.1 Å². The molecule has 7 heteroatoms. The van der Waals surface area contributed by atoms with Gasteiger partial charge in [0.15, 0.2) is 5.13 Å². The number of methoxy groups -OCH3 is 2. The Bertz CT molecular complexity index is 866. The van der Waals surface area contributed by atoms with Crippen molar-refractivity contribution < 1.29 is 14.3 Å². The predicted molar refractivity (Wildman–Crippen MR) is 99.3 cm³/mol. The molecule has 0 aliphatic carbocycles. The molecule has 2 N–H and O–H groups in total. The Morgan fingerprint density at radius 1 is 1.12 bits per heavy atom. The van der Waals surface area contributed by atoms with Crippen molar-refractivity contribution in [3.8, 4) is 11.5 Å². The Morgan fingerprint density at radius 2 is 2.00 bits per heavy atom. The molecular formula is C18H17N3O3S. The van der Waals surface area contributed by atoms with E-state index in [1.165, 1.54) is 11.3 Å². The topological polar surface area (TPSA) is 72.5 Å². The molecule has 1 heterocycles. The monoisotopic (exact) mass is 355 g/mol. The second kappa shape index (κ2) is 7.67. The van der Waals surface area contributed by atoms with Crippen molar-refractivity contribution in [3.05, 3.63) is 59.6 Å². The number of benzene rings is 2. The zero-order chi connectivity index (χ0) is 17.6. The lowest BCUT2D eigenvalue weighted by atomic mass is 10.1. The van der Waals surface area contributed by atoms with Crippen LogP contribution in [0.4, 0.5) is 16.5 Å². The van der Waals surface area contributed by atoms with Gasteiger partial charge in [-0.2, -0.15) is 0 Å². The number of anilines is 3. The second-order valence-electron chi connectivity index (χ2n) is 5.06. The molecule has 0 fully saturated rings. The molecule has 3 aromatic rings. The number of ether oxygens (including phenoxy) is 2. The van der Waals surface area contributed by atoms with Crippen LogP contribution in [0.25, 0.3) is 0 Å². The van der Waals surface area contributed by atoms with E-state index in [4.69, 9.17) is 9.47 Å². The van der Waals surface area contributed by atoms with Gasteiger partial charge in [-0.05, 0) is 30.3 Å². The normalized spacial score (nSPS) is 10.2. The summed E-state index contributed by atoms with van der Waals surface area (Å²) in [6, 6.07) is 12.4. The van der Waals surface area contributed by atoms with Crippen LogP contribution in [0.2, 0.25) is 0 Å². The predicted octanol–water partition coefficient (Wildman–Crippen LogP) is 4.16. The molecule has 0 unspecified atom stereocenters. The van der Waals surface area contributed by atoms with Gasteiger partial charge in [-0.15, -0.1) is 11.3 Å². The first-order chi connectivity index (χ1) is 12.2. The van der Waals surface area contributed by atoms with Crippen LogP contribution in [0.3, 0.4) is 0 Å². The standard InChI is InChI=1S/C18H17N3O3S/c1-23-14-6-7-16(24-2)15(11-14)21-17(22)12-4-3-5-13(10-12)20-18-19-8-9-25-18/h3-11H,1-2H3,(H,19,20)(H,21,22). The Labute approximate surface area is 149 Å². The van der Waals surface area contributed by atoms with E-state index < -0.39 is 0 Å². The van der Waals surface area contributed by atoms with E-state index in [0.29, 0.717) is 22.7 Å². The summed E-state index contributed by atoms with van der Waals surface area (Å²) in [5.41, 5.74) is 1.86. The summed E-state index contributed by atoms with van der Waals surface area (Å²) in [6.45, 7) is 0. The van der Waals surface area contributed by atoms with Crippen LogP contribution in [0.15, 0.2) is 54.0 Å². The third-order valence-electron chi connectivity index (χ3n) is 3.46. The minimum atomic E-state index is -0.241. The summed E-state index contributed by atoms with van der Waals surface area (Å²) < 4.78 is 10.5. The van der Waals surface area contributed by atoms with Crippen LogP contribution >= 0.6 is 11.3 Å². The quantitative estimate of drug-likeness (QED) is 0.695. The largest absolute Gasteiger partial charge is 0.497 e. The Kier molecular flexibility index (Phi) is 5.15. The highest BCUT2D eigenvalue weighted by molar-refractivity contribution is 7.13. The summed E-state index contributed by atoms with van der Waals surface area (Å²) in [5, 5.41) is 8.67. The van der Waals surface area contributed by atoms with Gasteiger partial charge in [0.05, 0.1) is 19.9 Å². The van der Waals surface area contributed by atoms with Gasteiger partial charge < -0.3 is 20.1 Å². The van der Waals surface area contributed by atoms with E-state index >= 15 is 0 Å². The van der Waals surface area contributed by atoms with Crippen LogP contribution in [0, 0.1) is 0 Å². The van der Waals surface area contributed by atoms with Crippen molar-refractivity contribution in [2.75, 3.05) is 24.9 Å². The zero-order valence-corrected chi connectivity index (χ0v) is 14.6. The van der Waals surface area contributed by atoms with Crippen molar-refractivity contribution in [3.63, 3.8) is 0 Å². The van der Waals surface area contributed by atoms with E-state index in [1.54, 1.807) is 50.7 Å². The maximum Gasteiger partial charge on any atom is 0.255 e. The summed E-state index contributed by atoms with van der Waals surface area (Å²) in [6.07, 6.45) is 1.72. The van der Waals surface area contributed by atoms with Gasteiger partial charge >= 0.3 is 0 Å². The molecule has 0 aliphatic rings. The number of nitrogens with zero attached hydrogens (tertiary/aromatic N) is 1. The van der Waals surface area contributed by atoms with Crippen molar-refractivity contribution in [2.24, 2.45) is 0 Å². The molecule has 0 aliphatic heterocycles. The number of amides is 1. The number of hydrogen-bond donors (Lipinski definition) is 2. The number of carbonyl (C=O) groups excluding carboxylic acids is 1. The second-order valence-corrected chi connectivity index (χ2v) is 5.96.